The summed E-state index contributed by atoms with van der Waals surface area (Å²) < 4.78 is 26.4. The van der Waals surface area contributed by atoms with Crippen LogP contribution in [0.2, 0.25) is 0 Å². The van der Waals surface area contributed by atoms with Crippen LogP contribution in [0, 0.1) is 0 Å². The Hall–Kier alpha value is -4.02. The zero-order valence-corrected chi connectivity index (χ0v) is 15.8. The van der Waals surface area contributed by atoms with Crippen LogP contribution in [0.5, 0.6) is 29.5 Å². The van der Waals surface area contributed by atoms with Gasteiger partial charge in [0.05, 0.1) is 11.1 Å². The van der Waals surface area contributed by atoms with Crippen molar-refractivity contribution in [2.45, 2.75) is 0 Å². The molecule has 0 fully saturated rings. The van der Waals surface area contributed by atoms with Crippen molar-refractivity contribution >= 4 is 20.2 Å². The van der Waals surface area contributed by atoms with Crippen molar-refractivity contribution < 1.29 is 43.3 Å². The van der Waals surface area contributed by atoms with Gasteiger partial charge < -0.3 is 29.1 Å². The lowest BCUT2D eigenvalue weighted by Gasteiger charge is -2.09. The molecule has 0 saturated heterocycles. The van der Waals surface area contributed by atoms with Crippen molar-refractivity contribution in [1.29, 1.82) is 0 Å². The van der Waals surface area contributed by atoms with Gasteiger partial charge in [-0.3, -0.25) is 0 Å². The van der Waals surface area contributed by atoms with Crippen molar-refractivity contribution in [3.05, 3.63) is 59.7 Å². The van der Waals surface area contributed by atoms with Crippen LogP contribution in [-0.2, 0) is 4.57 Å². The van der Waals surface area contributed by atoms with Gasteiger partial charge in [0.1, 0.15) is 11.5 Å². The van der Waals surface area contributed by atoms with E-state index in [1.165, 1.54) is 48.5 Å². The molecule has 0 aliphatic heterocycles. The maximum absolute atomic E-state index is 11.0. The first kappa shape index (κ1) is 20.7. The number of hydrogen-bond acceptors (Lipinski definition) is 9. The summed E-state index contributed by atoms with van der Waals surface area (Å²) >= 11 is 0. The fraction of sp³-hybridized carbons (Fsp3) is 0. The first-order chi connectivity index (χ1) is 14.3. The van der Waals surface area contributed by atoms with Gasteiger partial charge in [-0.2, -0.15) is 0 Å². The zero-order valence-electron chi connectivity index (χ0n) is 14.8. The number of benzene rings is 2. The Kier molecular flexibility index (Phi) is 6.20. The van der Waals surface area contributed by atoms with E-state index in [2.05, 4.69) is 19.5 Å². The first-order valence-electron chi connectivity index (χ1n) is 7.99. The van der Waals surface area contributed by atoms with Gasteiger partial charge in [0.15, 0.2) is 0 Å². The molecule has 0 spiro atoms. The lowest BCUT2D eigenvalue weighted by Crippen LogP contribution is -2.01. The van der Waals surface area contributed by atoms with Crippen LogP contribution in [0.4, 0.5) is 0 Å². The van der Waals surface area contributed by atoms with Gasteiger partial charge in [0, 0.05) is 0 Å². The summed E-state index contributed by atoms with van der Waals surface area (Å²) in [4.78, 5) is 42.1. The molecule has 0 aliphatic carbocycles. The summed E-state index contributed by atoms with van der Waals surface area (Å²) in [5, 5.41) is 17.8. The van der Waals surface area contributed by atoms with E-state index in [-0.39, 0.29) is 34.6 Å². The molecule has 13 heteroatoms. The Morgan fingerprint density at radius 1 is 0.700 bits per heavy atom. The lowest BCUT2D eigenvalue weighted by atomic mass is 10.2. The molecular weight excluding hydrogens is 421 g/mol. The molecule has 0 bridgehead atoms. The summed E-state index contributed by atoms with van der Waals surface area (Å²) in [6, 6.07) is 9.34. The maximum atomic E-state index is 11.0. The van der Waals surface area contributed by atoms with Crippen molar-refractivity contribution in [2.24, 2.45) is 0 Å². The molecule has 154 valence electrons. The van der Waals surface area contributed by atoms with Crippen LogP contribution in [0.25, 0.3) is 0 Å². The van der Waals surface area contributed by atoms with Crippen LogP contribution in [0.1, 0.15) is 20.7 Å². The van der Waals surface area contributed by atoms with E-state index >= 15 is 0 Å². The monoisotopic (exact) mass is 433 g/mol. The highest BCUT2D eigenvalue weighted by Gasteiger charge is 2.14. The minimum Gasteiger partial charge on any atom is -0.478 e. The van der Waals surface area contributed by atoms with E-state index in [0.29, 0.717) is 0 Å². The molecule has 3 aromatic rings. The molecule has 30 heavy (non-hydrogen) atoms. The number of ether oxygens (including phenoxy) is 2. The Balaban J connectivity index is 1.86. The van der Waals surface area contributed by atoms with E-state index < -0.39 is 26.2 Å². The Morgan fingerprint density at radius 2 is 1.07 bits per heavy atom. The molecule has 2 aromatic carbocycles. The molecule has 1 atom stereocenters. The van der Waals surface area contributed by atoms with E-state index in [4.69, 9.17) is 24.6 Å². The molecule has 1 unspecified atom stereocenters. The summed E-state index contributed by atoms with van der Waals surface area (Å²) in [6.07, 6.45) is 0. The molecule has 3 rings (SSSR count). The highest BCUT2D eigenvalue weighted by molar-refractivity contribution is 7.32. The highest BCUT2D eigenvalue weighted by Crippen LogP contribution is 2.27. The Bertz CT molecular complexity index is 1030. The predicted molar refractivity (Wildman–Crippen MR) is 98.6 cm³/mol. The number of carboxylic acid groups (broad SMARTS) is 2. The Morgan fingerprint density at radius 3 is 1.40 bits per heavy atom. The average Bonchev–Trinajstić information content (AvgIpc) is 2.68. The molecule has 1 aromatic heterocycles. The standard InChI is InChI=1S/C17H12N3O9P/c21-13(22)9-1-5-11(6-2-9)27-15-18-16(20-17(19-15)29-30(25)26)28-12-7-3-10(4-8-12)14(23)24/h1-8,30H,(H,21,22)(H,23,24)(H,25,26). The first-order valence-corrected chi connectivity index (χ1v) is 9.26. The zero-order chi connectivity index (χ0) is 21.7. The third kappa shape index (κ3) is 5.50. The minimum absolute atomic E-state index is 0.0368. The molecule has 12 nitrogen and oxygen atoms in total. The lowest BCUT2D eigenvalue weighted by molar-refractivity contribution is 0.0686. The van der Waals surface area contributed by atoms with Gasteiger partial charge in [0.2, 0.25) is 0 Å². The number of rotatable bonds is 8. The van der Waals surface area contributed by atoms with Crippen molar-refractivity contribution in [3.63, 3.8) is 0 Å². The van der Waals surface area contributed by atoms with Crippen LogP contribution in [0.3, 0.4) is 0 Å². The van der Waals surface area contributed by atoms with Gasteiger partial charge in [0.25, 0.3) is 0 Å². The predicted octanol–water partition coefficient (Wildman–Crippen LogP) is 2.61. The fourth-order valence-corrected chi connectivity index (χ4v) is 2.32. The number of hydrogen-bond donors (Lipinski definition) is 3. The summed E-state index contributed by atoms with van der Waals surface area (Å²) in [5.74, 6) is -1.89. The van der Waals surface area contributed by atoms with Crippen LogP contribution >= 0.6 is 8.25 Å². The smallest absolute Gasteiger partial charge is 0.367 e. The topological polar surface area (TPSA) is 178 Å². The third-order valence-electron chi connectivity index (χ3n) is 3.37. The molecular formula is C17H12N3O9P. The Labute approximate surface area is 168 Å². The van der Waals surface area contributed by atoms with Crippen molar-refractivity contribution in [2.75, 3.05) is 0 Å². The average molecular weight is 433 g/mol. The number of carbonyl (C=O) groups is 2. The molecule has 0 aliphatic rings. The summed E-state index contributed by atoms with van der Waals surface area (Å²) in [6.45, 7) is 0. The second-order valence-corrected chi connectivity index (χ2v) is 6.15. The molecule has 3 N–H and O–H groups in total. The summed E-state index contributed by atoms with van der Waals surface area (Å²) in [5.41, 5.74) is 0.0736. The van der Waals surface area contributed by atoms with E-state index in [1.807, 2.05) is 0 Å². The molecule has 0 amide bonds. The van der Waals surface area contributed by atoms with Gasteiger partial charge in [-0.25, -0.2) is 14.2 Å². The van der Waals surface area contributed by atoms with Crippen LogP contribution < -0.4 is 14.0 Å². The normalized spacial score (nSPS) is 11.4. The van der Waals surface area contributed by atoms with Gasteiger partial charge in [-0.15, -0.1) is 15.0 Å². The highest BCUT2D eigenvalue weighted by atomic mass is 31.1. The summed E-state index contributed by atoms with van der Waals surface area (Å²) in [7, 11) is -3.44. The SMILES string of the molecule is O=C(O)c1ccc(Oc2nc(Oc3ccc(C(=O)O)cc3)nc(O[PH](=O)O)n2)cc1. The quantitative estimate of drug-likeness (QED) is 0.443. The van der Waals surface area contributed by atoms with Crippen molar-refractivity contribution in [1.82, 2.24) is 15.0 Å². The molecule has 0 radical (unpaired) electrons. The van der Waals surface area contributed by atoms with Crippen LogP contribution in [-0.4, -0.2) is 42.0 Å². The van der Waals surface area contributed by atoms with Gasteiger partial charge in [-0.1, -0.05) is 0 Å². The number of nitrogens with zero attached hydrogens (tertiary/aromatic N) is 3. The van der Waals surface area contributed by atoms with Crippen molar-refractivity contribution in [3.8, 4) is 29.5 Å². The largest absolute Gasteiger partial charge is 0.478 e. The van der Waals surface area contributed by atoms with E-state index in [0.717, 1.165) is 0 Å². The molecule has 0 saturated carbocycles. The minimum atomic E-state index is -3.44. The van der Waals surface area contributed by atoms with Gasteiger partial charge >= 0.3 is 38.2 Å². The maximum Gasteiger partial charge on any atom is 0.367 e. The second-order valence-electron chi connectivity index (χ2n) is 5.41. The third-order valence-corrected chi connectivity index (χ3v) is 3.73. The van der Waals surface area contributed by atoms with E-state index in [9.17, 15) is 14.2 Å². The van der Waals surface area contributed by atoms with Gasteiger partial charge in [-0.05, 0) is 48.5 Å². The number of aromatic nitrogens is 3. The van der Waals surface area contributed by atoms with E-state index in [1.54, 1.807) is 0 Å². The number of carboxylic acids is 2. The fourth-order valence-electron chi connectivity index (χ4n) is 2.08. The van der Waals surface area contributed by atoms with Crippen LogP contribution in [0.15, 0.2) is 48.5 Å². The number of aromatic carboxylic acids is 2. The molecule has 1 heterocycles. The second kappa shape index (κ2) is 8.99.